The Labute approximate surface area is 109 Å². The smallest absolute Gasteiger partial charge is 0.119 e. The van der Waals surface area contributed by atoms with Crippen LogP contribution in [0.4, 0.5) is 0 Å². The summed E-state index contributed by atoms with van der Waals surface area (Å²) in [5.41, 5.74) is 7.32. The Bertz CT molecular complexity index is 384. The van der Waals surface area contributed by atoms with Crippen LogP contribution in [0.5, 0.6) is 5.75 Å². The maximum absolute atomic E-state index is 5.93. The highest BCUT2D eigenvalue weighted by Gasteiger charge is 2.45. The molecule has 1 unspecified atom stereocenters. The van der Waals surface area contributed by atoms with Crippen LogP contribution >= 0.6 is 0 Å². The second kappa shape index (κ2) is 5.72. The van der Waals surface area contributed by atoms with Gasteiger partial charge in [-0.15, -0.1) is 0 Å². The van der Waals surface area contributed by atoms with Gasteiger partial charge in [0.25, 0.3) is 0 Å². The van der Waals surface area contributed by atoms with Gasteiger partial charge in [-0.05, 0) is 37.1 Å². The number of hydrogen-bond acceptors (Lipinski definition) is 3. The lowest BCUT2D eigenvalue weighted by atomic mass is 9.67. The third kappa shape index (κ3) is 2.25. The second-order valence-electron chi connectivity index (χ2n) is 4.95. The monoisotopic (exact) mass is 249 g/mol. The average molecular weight is 249 g/mol. The SMILES string of the molecule is CCOc1cccc(C2(C(CC)CN)COC2)c1. The minimum atomic E-state index is 0.0939. The molecule has 0 amide bonds. The van der Waals surface area contributed by atoms with Gasteiger partial charge >= 0.3 is 0 Å². The summed E-state index contributed by atoms with van der Waals surface area (Å²) < 4.78 is 11.1. The van der Waals surface area contributed by atoms with Gasteiger partial charge in [-0.3, -0.25) is 0 Å². The Balaban J connectivity index is 2.29. The third-order valence-corrected chi connectivity index (χ3v) is 4.00. The van der Waals surface area contributed by atoms with Gasteiger partial charge in [0.1, 0.15) is 5.75 Å². The average Bonchev–Trinajstić information content (AvgIpc) is 2.34. The van der Waals surface area contributed by atoms with Gasteiger partial charge in [0.15, 0.2) is 0 Å². The van der Waals surface area contributed by atoms with Crippen molar-refractivity contribution in [2.24, 2.45) is 11.7 Å². The molecule has 3 nitrogen and oxygen atoms in total. The molecule has 3 heteroatoms. The summed E-state index contributed by atoms with van der Waals surface area (Å²) >= 11 is 0. The predicted molar refractivity (Wildman–Crippen MR) is 72.9 cm³/mol. The van der Waals surface area contributed by atoms with E-state index in [1.165, 1.54) is 5.56 Å². The minimum Gasteiger partial charge on any atom is -0.494 e. The molecule has 2 rings (SSSR count). The molecule has 1 fully saturated rings. The van der Waals surface area contributed by atoms with Crippen LogP contribution < -0.4 is 10.5 Å². The lowest BCUT2D eigenvalue weighted by molar-refractivity contribution is -0.0898. The summed E-state index contributed by atoms with van der Waals surface area (Å²) in [5.74, 6) is 1.41. The van der Waals surface area contributed by atoms with E-state index in [1.807, 2.05) is 13.0 Å². The molecule has 0 aliphatic carbocycles. The van der Waals surface area contributed by atoms with Crippen LogP contribution in [0.25, 0.3) is 0 Å². The minimum absolute atomic E-state index is 0.0939. The number of nitrogens with two attached hydrogens (primary N) is 1. The molecule has 0 bridgehead atoms. The third-order valence-electron chi connectivity index (χ3n) is 4.00. The molecule has 1 heterocycles. The Kier molecular flexibility index (Phi) is 4.25. The molecular formula is C15H23NO2. The molecule has 100 valence electrons. The zero-order valence-corrected chi connectivity index (χ0v) is 11.3. The molecule has 0 saturated carbocycles. The Morgan fingerprint density at radius 3 is 2.67 bits per heavy atom. The van der Waals surface area contributed by atoms with E-state index in [4.69, 9.17) is 15.2 Å². The molecule has 1 aliphatic rings. The van der Waals surface area contributed by atoms with Crippen LogP contribution in [0.3, 0.4) is 0 Å². The van der Waals surface area contributed by atoms with Gasteiger partial charge in [0.05, 0.1) is 19.8 Å². The van der Waals surface area contributed by atoms with Crippen molar-refractivity contribution in [3.05, 3.63) is 29.8 Å². The lowest BCUT2D eigenvalue weighted by Gasteiger charge is -2.47. The summed E-state index contributed by atoms with van der Waals surface area (Å²) in [7, 11) is 0. The van der Waals surface area contributed by atoms with E-state index < -0.39 is 0 Å². The van der Waals surface area contributed by atoms with Gasteiger partial charge in [0, 0.05) is 5.41 Å². The van der Waals surface area contributed by atoms with Crippen molar-refractivity contribution >= 4 is 0 Å². The molecule has 1 aromatic carbocycles. The van der Waals surface area contributed by atoms with Gasteiger partial charge in [-0.25, -0.2) is 0 Å². The summed E-state index contributed by atoms with van der Waals surface area (Å²) in [5, 5.41) is 0. The normalized spacial score (nSPS) is 19.1. The Morgan fingerprint density at radius 2 is 2.17 bits per heavy atom. The van der Waals surface area contributed by atoms with Crippen molar-refractivity contribution in [3.63, 3.8) is 0 Å². The van der Waals surface area contributed by atoms with E-state index in [1.54, 1.807) is 0 Å². The molecule has 1 aromatic rings. The van der Waals surface area contributed by atoms with E-state index in [9.17, 15) is 0 Å². The molecule has 0 spiro atoms. The van der Waals surface area contributed by atoms with E-state index in [0.717, 1.165) is 25.4 Å². The van der Waals surface area contributed by atoms with E-state index in [0.29, 0.717) is 19.1 Å². The number of benzene rings is 1. The molecule has 1 aliphatic heterocycles. The van der Waals surface area contributed by atoms with Gasteiger partial charge in [0.2, 0.25) is 0 Å². The van der Waals surface area contributed by atoms with E-state index in [-0.39, 0.29) is 5.41 Å². The standard InChI is InChI=1S/C15H23NO2/c1-3-12(9-16)15(10-17-11-15)13-6-5-7-14(8-13)18-4-2/h5-8,12H,3-4,9-11,16H2,1-2H3. The molecule has 0 radical (unpaired) electrons. The van der Waals surface area contributed by atoms with Gasteiger partial charge < -0.3 is 15.2 Å². The maximum Gasteiger partial charge on any atom is 0.119 e. The molecular weight excluding hydrogens is 226 g/mol. The molecule has 2 N–H and O–H groups in total. The summed E-state index contributed by atoms with van der Waals surface area (Å²) in [6.07, 6.45) is 1.08. The Morgan fingerprint density at radius 1 is 1.39 bits per heavy atom. The second-order valence-corrected chi connectivity index (χ2v) is 4.95. The van der Waals surface area contributed by atoms with Crippen molar-refractivity contribution in [1.29, 1.82) is 0 Å². The summed E-state index contributed by atoms with van der Waals surface area (Å²) in [4.78, 5) is 0. The molecule has 1 saturated heterocycles. The molecule has 1 atom stereocenters. The summed E-state index contributed by atoms with van der Waals surface area (Å²) in [6.45, 7) is 7.16. The first-order valence-electron chi connectivity index (χ1n) is 6.78. The summed E-state index contributed by atoms with van der Waals surface area (Å²) in [6, 6.07) is 8.38. The van der Waals surface area contributed by atoms with Crippen molar-refractivity contribution in [2.75, 3.05) is 26.4 Å². The van der Waals surface area contributed by atoms with Gasteiger partial charge in [-0.1, -0.05) is 25.5 Å². The fourth-order valence-corrected chi connectivity index (χ4v) is 2.81. The quantitative estimate of drug-likeness (QED) is 0.841. The van der Waals surface area contributed by atoms with E-state index in [2.05, 4.69) is 25.1 Å². The van der Waals surface area contributed by atoms with Crippen LogP contribution in [0, 0.1) is 5.92 Å². The first kappa shape index (κ1) is 13.4. The topological polar surface area (TPSA) is 44.5 Å². The first-order chi connectivity index (χ1) is 8.76. The zero-order chi connectivity index (χ0) is 13.0. The fraction of sp³-hybridized carbons (Fsp3) is 0.600. The highest BCUT2D eigenvalue weighted by molar-refractivity contribution is 5.36. The maximum atomic E-state index is 5.93. The number of ether oxygens (including phenoxy) is 2. The zero-order valence-electron chi connectivity index (χ0n) is 11.3. The fourth-order valence-electron chi connectivity index (χ4n) is 2.81. The molecule has 18 heavy (non-hydrogen) atoms. The van der Waals surface area contributed by atoms with Crippen LogP contribution in [0.1, 0.15) is 25.8 Å². The van der Waals surface area contributed by atoms with Crippen molar-refractivity contribution < 1.29 is 9.47 Å². The van der Waals surface area contributed by atoms with Crippen molar-refractivity contribution in [3.8, 4) is 5.75 Å². The van der Waals surface area contributed by atoms with Crippen LogP contribution in [-0.4, -0.2) is 26.4 Å². The van der Waals surface area contributed by atoms with Crippen molar-refractivity contribution in [2.45, 2.75) is 25.7 Å². The van der Waals surface area contributed by atoms with Crippen LogP contribution in [0.15, 0.2) is 24.3 Å². The Hall–Kier alpha value is -1.06. The van der Waals surface area contributed by atoms with E-state index >= 15 is 0 Å². The van der Waals surface area contributed by atoms with Crippen molar-refractivity contribution in [1.82, 2.24) is 0 Å². The highest BCUT2D eigenvalue weighted by Crippen LogP contribution is 2.41. The number of hydrogen-bond donors (Lipinski definition) is 1. The van der Waals surface area contributed by atoms with Gasteiger partial charge in [-0.2, -0.15) is 0 Å². The van der Waals surface area contributed by atoms with Crippen LogP contribution in [-0.2, 0) is 10.2 Å². The number of rotatable bonds is 6. The first-order valence-corrected chi connectivity index (χ1v) is 6.78. The van der Waals surface area contributed by atoms with Crippen LogP contribution in [0.2, 0.25) is 0 Å². The predicted octanol–water partition coefficient (Wildman–Crippen LogP) is 2.34. The highest BCUT2D eigenvalue weighted by atomic mass is 16.5. The largest absolute Gasteiger partial charge is 0.494 e. The molecule has 0 aromatic heterocycles. The lowest BCUT2D eigenvalue weighted by Crippen LogP contribution is -2.54.